The van der Waals surface area contributed by atoms with E-state index in [1.165, 1.54) is 23.1 Å². The Morgan fingerprint density at radius 1 is 1.12 bits per heavy atom. The van der Waals surface area contributed by atoms with E-state index in [0.29, 0.717) is 6.04 Å². The van der Waals surface area contributed by atoms with E-state index in [1.54, 1.807) is 32.1 Å². The van der Waals surface area contributed by atoms with Crippen molar-refractivity contribution in [2.45, 2.75) is 49.3 Å². The van der Waals surface area contributed by atoms with E-state index in [-0.39, 0.29) is 15.8 Å². The predicted octanol–water partition coefficient (Wildman–Crippen LogP) is 2.19. The number of likely N-dealkylation sites (N-methyl/N-ethyl adjacent to an activating group) is 1. The molecule has 4 saturated carbocycles. The number of pyridine rings is 1. The molecule has 0 spiro atoms. The molecule has 2 heterocycles. The van der Waals surface area contributed by atoms with Gasteiger partial charge in [-0.25, -0.2) is 0 Å². The second-order valence-electron chi connectivity index (χ2n) is 8.72. The molecule has 1 saturated heterocycles. The van der Waals surface area contributed by atoms with Gasteiger partial charge in [0.25, 0.3) is 0 Å². The van der Waals surface area contributed by atoms with Crippen LogP contribution in [0.15, 0.2) is 18.3 Å². The van der Waals surface area contributed by atoms with Gasteiger partial charge >= 0.3 is 153 Å². The van der Waals surface area contributed by atoms with Crippen molar-refractivity contribution in [1.29, 1.82) is 0 Å². The molecule has 1 N–H and O–H groups in total. The summed E-state index contributed by atoms with van der Waals surface area (Å²) in [5.74, 6) is 4.31. The van der Waals surface area contributed by atoms with Gasteiger partial charge < -0.3 is 0 Å². The summed E-state index contributed by atoms with van der Waals surface area (Å²) in [4.78, 5) is 7.37. The molecule has 24 heavy (non-hydrogen) atoms. The Morgan fingerprint density at radius 3 is 2.54 bits per heavy atom. The zero-order valence-corrected chi connectivity index (χ0v) is 16.8. The standard InChI is InChI=1S/C20H30AsN3/c1-22-17-3-5-24(12-17)18-2-4-23-19(11-18)21-20-15-7-13-6-14(9-15)10-16(20)8-13/h2,4,11,13-17,20-22H,3,5-10,12H2,1H3/t13?,14?,15?,16?,17-,20?/m1/s1. The first-order valence-corrected chi connectivity index (χ1v) is 12.2. The summed E-state index contributed by atoms with van der Waals surface area (Å²) in [7, 11) is 2.09. The van der Waals surface area contributed by atoms with Crippen molar-refractivity contribution in [2.75, 3.05) is 25.0 Å². The minimum absolute atomic E-state index is 0.0877. The SMILES string of the molecule is CN[C@@H]1CCN(c2ccnc([AsH]C3C4CC5CC(C4)CC3C5)c2)C1. The Morgan fingerprint density at radius 2 is 1.88 bits per heavy atom. The fourth-order valence-corrected chi connectivity index (χ4v) is 9.90. The average Bonchev–Trinajstić information content (AvgIpc) is 3.07. The Kier molecular flexibility index (Phi) is 4.14. The molecule has 5 fully saturated rings. The van der Waals surface area contributed by atoms with Crippen LogP contribution in [0.4, 0.5) is 5.69 Å². The summed E-state index contributed by atoms with van der Waals surface area (Å²) in [6.07, 6.45) is 11.1. The van der Waals surface area contributed by atoms with E-state index in [9.17, 15) is 0 Å². The molecule has 1 unspecified atom stereocenters. The second kappa shape index (κ2) is 6.32. The zero-order valence-electron chi connectivity index (χ0n) is 14.7. The molecular weight excluding hydrogens is 357 g/mol. The molecule has 0 aromatic carbocycles. The van der Waals surface area contributed by atoms with Gasteiger partial charge in [-0.15, -0.1) is 0 Å². The van der Waals surface area contributed by atoms with Crippen LogP contribution in [0.3, 0.4) is 0 Å². The van der Waals surface area contributed by atoms with Gasteiger partial charge in [0.05, 0.1) is 0 Å². The average molecular weight is 387 g/mol. The molecular formula is C20H30AsN3. The van der Waals surface area contributed by atoms with Gasteiger partial charge in [-0.05, 0) is 0 Å². The maximum absolute atomic E-state index is 4.81. The number of aromatic nitrogens is 1. The summed E-state index contributed by atoms with van der Waals surface area (Å²) in [6, 6.07) is 5.33. The summed E-state index contributed by atoms with van der Waals surface area (Å²) >= 11 is -0.0877. The summed E-state index contributed by atoms with van der Waals surface area (Å²) < 4.78 is 2.52. The normalized spacial score (nSPS) is 41.0. The third-order valence-electron chi connectivity index (χ3n) is 7.25. The molecule has 2 atom stereocenters. The van der Waals surface area contributed by atoms with Crippen LogP contribution in [-0.2, 0) is 0 Å². The van der Waals surface area contributed by atoms with Crippen LogP contribution in [0.2, 0.25) is 4.71 Å². The fraction of sp³-hybridized carbons (Fsp3) is 0.750. The third-order valence-corrected chi connectivity index (χ3v) is 11.1. The van der Waals surface area contributed by atoms with E-state index in [1.807, 2.05) is 0 Å². The summed E-state index contributed by atoms with van der Waals surface area (Å²) in [6.45, 7) is 2.34. The molecule has 4 heteroatoms. The minimum atomic E-state index is -0.0877. The van der Waals surface area contributed by atoms with Gasteiger partial charge in [0.2, 0.25) is 0 Å². The van der Waals surface area contributed by atoms with Gasteiger partial charge in [-0.3, -0.25) is 0 Å². The topological polar surface area (TPSA) is 28.2 Å². The Balaban J connectivity index is 1.30. The summed E-state index contributed by atoms with van der Waals surface area (Å²) in [5, 5.41) is 3.43. The van der Waals surface area contributed by atoms with Crippen LogP contribution in [0, 0.1) is 23.7 Å². The molecule has 6 rings (SSSR count). The molecule has 4 bridgehead atoms. The number of nitrogens with zero attached hydrogens (tertiary/aromatic N) is 2. The molecule has 0 amide bonds. The Labute approximate surface area is 152 Å². The number of nitrogens with one attached hydrogen (secondary N) is 1. The first-order valence-electron chi connectivity index (χ1n) is 9.93. The molecule has 5 aliphatic rings. The van der Waals surface area contributed by atoms with Crippen molar-refractivity contribution < 1.29 is 0 Å². The van der Waals surface area contributed by atoms with Crippen molar-refractivity contribution in [3.05, 3.63) is 18.3 Å². The van der Waals surface area contributed by atoms with Crippen LogP contribution in [-0.4, -0.2) is 46.9 Å². The number of hydrogen-bond donors (Lipinski definition) is 1. The number of hydrogen-bond acceptors (Lipinski definition) is 3. The zero-order chi connectivity index (χ0) is 16.1. The molecule has 1 aromatic rings. The van der Waals surface area contributed by atoms with Crippen molar-refractivity contribution >= 4 is 25.9 Å². The number of rotatable bonds is 4. The van der Waals surface area contributed by atoms with Gasteiger partial charge in [0, 0.05) is 0 Å². The third kappa shape index (κ3) is 2.82. The summed E-state index contributed by atoms with van der Waals surface area (Å²) in [5.41, 5.74) is 1.42. The maximum atomic E-state index is 4.81. The van der Waals surface area contributed by atoms with Crippen molar-refractivity contribution in [3.63, 3.8) is 0 Å². The van der Waals surface area contributed by atoms with E-state index in [2.05, 4.69) is 35.6 Å². The van der Waals surface area contributed by atoms with Crippen LogP contribution < -0.4 is 14.7 Å². The van der Waals surface area contributed by atoms with Crippen LogP contribution in [0.25, 0.3) is 0 Å². The Bertz CT molecular complexity index is 576. The van der Waals surface area contributed by atoms with Gasteiger partial charge in [0.15, 0.2) is 0 Å². The number of anilines is 1. The van der Waals surface area contributed by atoms with Gasteiger partial charge in [-0.1, -0.05) is 0 Å². The monoisotopic (exact) mass is 387 g/mol. The molecule has 4 aliphatic carbocycles. The quantitative estimate of drug-likeness (QED) is 0.803. The second-order valence-corrected chi connectivity index (χ2v) is 11.8. The van der Waals surface area contributed by atoms with Crippen LogP contribution >= 0.6 is 0 Å². The van der Waals surface area contributed by atoms with E-state index >= 15 is 0 Å². The molecule has 0 radical (unpaired) electrons. The van der Waals surface area contributed by atoms with Gasteiger partial charge in [0.1, 0.15) is 0 Å². The molecule has 3 nitrogen and oxygen atoms in total. The van der Waals surface area contributed by atoms with E-state index in [0.717, 1.165) is 34.9 Å². The van der Waals surface area contributed by atoms with Crippen molar-refractivity contribution in [2.24, 2.45) is 23.7 Å². The van der Waals surface area contributed by atoms with Gasteiger partial charge in [-0.2, -0.15) is 0 Å². The van der Waals surface area contributed by atoms with Crippen molar-refractivity contribution in [1.82, 2.24) is 10.3 Å². The van der Waals surface area contributed by atoms with E-state index in [4.69, 9.17) is 4.98 Å². The van der Waals surface area contributed by atoms with Crippen LogP contribution in [0.1, 0.15) is 38.5 Å². The first-order chi connectivity index (χ1) is 11.8. The van der Waals surface area contributed by atoms with Crippen LogP contribution in [0.5, 0.6) is 0 Å². The molecule has 1 aliphatic heterocycles. The van der Waals surface area contributed by atoms with E-state index < -0.39 is 0 Å². The Hall–Kier alpha value is -0.532. The molecule has 1 aromatic heterocycles. The predicted molar refractivity (Wildman–Crippen MR) is 101 cm³/mol. The van der Waals surface area contributed by atoms with Crippen molar-refractivity contribution in [3.8, 4) is 0 Å². The fourth-order valence-electron chi connectivity index (χ4n) is 6.26. The first kappa shape index (κ1) is 15.7. The molecule has 130 valence electrons.